The van der Waals surface area contributed by atoms with Crippen LogP contribution in [0.1, 0.15) is 32.1 Å². The van der Waals surface area contributed by atoms with Crippen molar-refractivity contribution in [2.24, 2.45) is 5.92 Å². The third-order valence-electron chi connectivity index (χ3n) is 5.43. The van der Waals surface area contributed by atoms with Crippen LogP contribution in [-0.2, 0) is 25.5 Å². The predicted octanol–water partition coefficient (Wildman–Crippen LogP) is 2.53. The quantitative estimate of drug-likeness (QED) is 0.601. The third kappa shape index (κ3) is 6.16. The van der Waals surface area contributed by atoms with E-state index in [2.05, 4.69) is 4.98 Å². The number of benzene rings is 1. The molecule has 1 aliphatic rings. The highest BCUT2D eigenvalue weighted by Crippen LogP contribution is 2.21. The number of carbonyl (C=O) groups excluding carboxylic acids is 3. The Morgan fingerprint density at radius 3 is 2.58 bits per heavy atom. The number of aryl methyl sites for hydroxylation is 1. The first-order chi connectivity index (χ1) is 15.0. The lowest BCUT2D eigenvalue weighted by Gasteiger charge is -2.32. The van der Waals surface area contributed by atoms with Crippen molar-refractivity contribution in [3.05, 3.63) is 42.4 Å². The maximum Gasteiger partial charge on any atom is 0.309 e. The average molecular weight is 428 g/mol. The van der Waals surface area contributed by atoms with E-state index in [0.717, 1.165) is 5.56 Å². The van der Waals surface area contributed by atoms with Crippen LogP contribution in [0.2, 0.25) is 0 Å². The van der Waals surface area contributed by atoms with E-state index < -0.39 is 0 Å². The van der Waals surface area contributed by atoms with Gasteiger partial charge in [0.2, 0.25) is 11.8 Å². The van der Waals surface area contributed by atoms with Crippen LogP contribution in [0, 0.1) is 5.92 Å². The Kier molecular flexibility index (Phi) is 7.81. The normalized spacial score (nSPS) is 14.3. The van der Waals surface area contributed by atoms with Crippen LogP contribution >= 0.6 is 0 Å². The molecule has 0 N–H and O–H groups in total. The molecule has 1 aromatic carbocycles. The number of likely N-dealkylation sites (N-methyl/N-ethyl adjacent to an activating group) is 1. The molecular formula is C23H29N3O5. The van der Waals surface area contributed by atoms with Crippen molar-refractivity contribution in [3.63, 3.8) is 0 Å². The van der Waals surface area contributed by atoms with Crippen LogP contribution < -0.4 is 0 Å². The number of nitrogens with zero attached hydrogens (tertiary/aromatic N) is 3. The Labute approximate surface area is 182 Å². The largest absolute Gasteiger partial charge is 0.466 e. The van der Waals surface area contributed by atoms with E-state index in [0.29, 0.717) is 50.6 Å². The van der Waals surface area contributed by atoms with Crippen molar-refractivity contribution in [2.45, 2.75) is 32.6 Å². The predicted molar refractivity (Wildman–Crippen MR) is 114 cm³/mol. The van der Waals surface area contributed by atoms with E-state index in [9.17, 15) is 14.4 Å². The van der Waals surface area contributed by atoms with Crippen molar-refractivity contribution in [3.8, 4) is 11.3 Å². The standard InChI is InChI=1S/C23H29N3O5/c1-3-30-23(29)18-11-13-26(14-12-18)22(28)16-25(2)21(27)10-9-20-24-15-19(31-20)17-7-5-4-6-8-17/h4-8,15,18H,3,9-14,16H2,1-2H3. The molecular weight excluding hydrogens is 398 g/mol. The lowest BCUT2D eigenvalue weighted by atomic mass is 9.97. The van der Waals surface area contributed by atoms with Gasteiger partial charge in [-0.15, -0.1) is 0 Å². The summed E-state index contributed by atoms with van der Waals surface area (Å²) in [6.07, 6.45) is 3.42. The zero-order valence-electron chi connectivity index (χ0n) is 18.1. The Morgan fingerprint density at radius 2 is 1.90 bits per heavy atom. The second kappa shape index (κ2) is 10.7. The summed E-state index contributed by atoms with van der Waals surface area (Å²) in [6, 6.07) is 9.65. The molecule has 0 atom stereocenters. The van der Waals surface area contributed by atoms with E-state index in [4.69, 9.17) is 9.15 Å². The molecule has 1 aromatic heterocycles. The molecule has 0 aliphatic carbocycles. The Hall–Kier alpha value is -3.16. The van der Waals surface area contributed by atoms with E-state index in [-0.39, 0.29) is 36.7 Å². The molecule has 0 unspecified atom stereocenters. The first kappa shape index (κ1) is 22.5. The van der Waals surface area contributed by atoms with Crippen LogP contribution in [0.3, 0.4) is 0 Å². The maximum absolute atomic E-state index is 12.5. The van der Waals surface area contributed by atoms with Gasteiger partial charge in [0.25, 0.3) is 0 Å². The van der Waals surface area contributed by atoms with Gasteiger partial charge in [-0.25, -0.2) is 4.98 Å². The summed E-state index contributed by atoms with van der Waals surface area (Å²) in [6.45, 7) is 3.18. The fourth-order valence-electron chi connectivity index (χ4n) is 3.58. The minimum absolute atomic E-state index is 0.0176. The summed E-state index contributed by atoms with van der Waals surface area (Å²) >= 11 is 0. The van der Waals surface area contributed by atoms with E-state index in [1.54, 1.807) is 25.1 Å². The van der Waals surface area contributed by atoms with Gasteiger partial charge in [-0.2, -0.15) is 0 Å². The molecule has 8 nitrogen and oxygen atoms in total. The van der Waals surface area contributed by atoms with E-state index in [1.807, 2.05) is 30.3 Å². The molecule has 0 bridgehead atoms. The maximum atomic E-state index is 12.5. The van der Waals surface area contributed by atoms with Gasteiger partial charge in [-0.3, -0.25) is 14.4 Å². The van der Waals surface area contributed by atoms with Crippen molar-refractivity contribution >= 4 is 17.8 Å². The molecule has 1 saturated heterocycles. The zero-order valence-corrected chi connectivity index (χ0v) is 18.1. The minimum atomic E-state index is -0.191. The number of piperidine rings is 1. The Morgan fingerprint density at radius 1 is 1.19 bits per heavy atom. The monoisotopic (exact) mass is 427 g/mol. The molecule has 31 heavy (non-hydrogen) atoms. The highest BCUT2D eigenvalue weighted by atomic mass is 16.5. The van der Waals surface area contributed by atoms with Gasteiger partial charge in [0.1, 0.15) is 0 Å². The average Bonchev–Trinajstić information content (AvgIpc) is 3.27. The molecule has 1 fully saturated rings. The lowest BCUT2D eigenvalue weighted by Crippen LogP contribution is -2.45. The summed E-state index contributed by atoms with van der Waals surface area (Å²) < 4.78 is 10.8. The summed E-state index contributed by atoms with van der Waals surface area (Å²) in [4.78, 5) is 44.2. The number of oxazole rings is 1. The van der Waals surface area contributed by atoms with Crippen LogP contribution in [-0.4, -0.2) is 65.9 Å². The molecule has 8 heteroatoms. The minimum Gasteiger partial charge on any atom is -0.466 e. The first-order valence-corrected chi connectivity index (χ1v) is 10.7. The molecule has 166 valence electrons. The number of ether oxygens (including phenoxy) is 1. The molecule has 0 spiro atoms. The molecule has 0 saturated carbocycles. The van der Waals surface area contributed by atoms with Crippen LogP contribution in [0.5, 0.6) is 0 Å². The number of hydrogen-bond acceptors (Lipinski definition) is 6. The second-order valence-corrected chi connectivity index (χ2v) is 7.64. The van der Waals surface area contributed by atoms with Crippen molar-refractivity contribution in [1.82, 2.24) is 14.8 Å². The number of aromatic nitrogens is 1. The molecule has 1 aliphatic heterocycles. The molecule has 2 amide bonds. The summed E-state index contributed by atoms with van der Waals surface area (Å²) in [5.74, 6) is 0.564. The fourth-order valence-corrected chi connectivity index (χ4v) is 3.58. The van der Waals surface area contributed by atoms with Gasteiger partial charge >= 0.3 is 5.97 Å². The van der Waals surface area contributed by atoms with Crippen molar-refractivity contribution < 1.29 is 23.5 Å². The topological polar surface area (TPSA) is 93.0 Å². The SMILES string of the molecule is CCOC(=O)C1CCN(C(=O)CN(C)C(=O)CCc2ncc(-c3ccccc3)o2)CC1. The van der Waals surface area contributed by atoms with E-state index >= 15 is 0 Å². The van der Waals surface area contributed by atoms with Crippen LogP contribution in [0.4, 0.5) is 0 Å². The number of esters is 1. The highest BCUT2D eigenvalue weighted by molar-refractivity contribution is 5.85. The van der Waals surface area contributed by atoms with Crippen molar-refractivity contribution in [1.29, 1.82) is 0 Å². The summed E-state index contributed by atoms with van der Waals surface area (Å²) in [7, 11) is 1.62. The van der Waals surface area contributed by atoms with Crippen LogP contribution in [0.25, 0.3) is 11.3 Å². The van der Waals surface area contributed by atoms with Crippen molar-refractivity contribution in [2.75, 3.05) is 33.3 Å². The number of hydrogen-bond donors (Lipinski definition) is 0. The third-order valence-corrected chi connectivity index (χ3v) is 5.43. The number of likely N-dealkylation sites (tertiary alicyclic amines) is 1. The van der Waals surface area contributed by atoms with Crippen LogP contribution in [0.15, 0.2) is 40.9 Å². The van der Waals surface area contributed by atoms with Gasteiger partial charge in [0.15, 0.2) is 11.7 Å². The van der Waals surface area contributed by atoms with E-state index in [1.165, 1.54) is 4.90 Å². The lowest BCUT2D eigenvalue weighted by molar-refractivity contribution is -0.151. The Bertz CT molecular complexity index is 888. The molecule has 2 heterocycles. The molecule has 3 rings (SSSR count). The Balaban J connectivity index is 1.42. The molecule has 0 radical (unpaired) electrons. The number of amides is 2. The van der Waals surface area contributed by atoms with Gasteiger partial charge in [0, 0.05) is 38.5 Å². The fraction of sp³-hybridized carbons (Fsp3) is 0.478. The number of carbonyl (C=O) groups is 3. The van der Waals surface area contributed by atoms with Gasteiger partial charge < -0.3 is 19.0 Å². The number of rotatable bonds is 8. The van der Waals surface area contributed by atoms with Gasteiger partial charge in [0.05, 0.1) is 25.3 Å². The highest BCUT2D eigenvalue weighted by Gasteiger charge is 2.29. The van der Waals surface area contributed by atoms with Gasteiger partial charge in [-0.1, -0.05) is 30.3 Å². The summed E-state index contributed by atoms with van der Waals surface area (Å²) in [5.41, 5.74) is 0.932. The first-order valence-electron chi connectivity index (χ1n) is 10.7. The second-order valence-electron chi connectivity index (χ2n) is 7.64. The zero-order chi connectivity index (χ0) is 22.2. The smallest absolute Gasteiger partial charge is 0.309 e. The summed E-state index contributed by atoms with van der Waals surface area (Å²) in [5, 5.41) is 0. The molecule has 2 aromatic rings. The van der Waals surface area contributed by atoms with Gasteiger partial charge in [-0.05, 0) is 19.8 Å².